The Kier molecular flexibility index (Phi) is 8.44. The van der Waals surface area contributed by atoms with Crippen LogP contribution in [0.15, 0.2) is 53.0 Å². The first-order valence-electron chi connectivity index (χ1n) is 9.10. The van der Waals surface area contributed by atoms with Crippen LogP contribution in [0.25, 0.3) is 0 Å². The summed E-state index contributed by atoms with van der Waals surface area (Å²) >= 11 is 3.39. The third-order valence-electron chi connectivity index (χ3n) is 4.16. The van der Waals surface area contributed by atoms with Crippen LogP contribution in [0.4, 0.5) is 4.39 Å². The summed E-state index contributed by atoms with van der Waals surface area (Å²) in [4.78, 5) is 26.7. The number of nitrogens with one attached hydrogen (secondary N) is 1. The Morgan fingerprint density at radius 3 is 2.39 bits per heavy atom. The number of benzene rings is 2. The molecule has 1 N–H and O–H groups in total. The Morgan fingerprint density at radius 1 is 1.14 bits per heavy atom. The number of halogens is 2. The second-order valence-electron chi connectivity index (χ2n) is 6.36. The van der Waals surface area contributed by atoms with Crippen LogP contribution >= 0.6 is 15.9 Å². The maximum atomic E-state index is 13.0. The molecule has 0 spiro atoms. The Bertz CT molecular complexity index is 781. The predicted molar refractivity (Wildman–Crippen MR) is 109 cm³/mol. The number of rotatable bonds is 9. The second kappa shape index (κ2) is 10.8. The van der Waals surface area contributed by atoms with Crippen LogP contribution in [-0.4, -0.2) is 35.9 Å². The summed E-state index contributed by atoms with van der Waals surface area (Å²) in [6.45, 7) is 4.24. The lowest BCUT2D eigenvalue weighted by atomic mass is 10.1. The van der Waals surface area contributed by atoms with Gasteiger partial charge in [0.15, 0.2) is 6.61 Å². The first-order chi connectivity index (χ1) is 13.4. The molecule has 28 heavy (non-hydrogen) atoms. The molecule has 0 aliphatic rings. The highest BCUT2D eigenvalue weighted by atomic mass is 79.9. The minimum Gasteiger partial charge on any atom is -0.484 e. The van der Waals surface area contributed by atoms with E-state index in [9.17, 15) is 14.0 Å². The zero-order chi connectivity index (χ0) is 20.5. The lowest BCUT2D eigenvalue weighted by Crippen LogP contribution is -2.49. The van der Waals surface area contributed by atoms with Gasteiger partial charge in [-0.3, -0.25) is 9.59 Å². The van der Waals surface area contributed by atoms with Gasteiger partial charge in [-0.2, -0.15) is 0 Å². The molecule has 2 aromatic rings. The molecule has 2 amide bonds. The van der Waals surface area contributed by atoms with Gasteiger partial charge in [-0.1, -0.05) is 35.0 Å². The van der Waals surface area contributed by atoms with E-state index in [1.807, 2.05) is 31.2 Å². The molecule has 2 aromatic carbocycles. The van der Waals surface area contributed by atoms with Gasteiger partial charge in [-0.25, -0.2) is 4.39 Å². The average Bonchev–Trinajstić information content (AvgIpc) is 2.70. The fourth-order valence-corrected chi connectivity index (χ4v) is 2.79. The van der Waals surface area contributed by atoms with E-state index >= 15 is 0 Å². The van der Waals surface area contributed by atoms with Crippen molar-refractivity contribution < 1.29 is 18.7 Å². The van der Waals surface area contributed by atoms with E-state index in [2.05, 4.69) is 21.2 Å². The van der Waals surface area contributed by atoms with Gasteiger partial charge < -0.3 is 15.0 Å². The molecule has 2 rings (SSSR count). The van der Waals surface area contributed by atoms with Crippen molar-refractivity contribution in [2.45, 2.75) is 32.9 Å². The zero-order valence-corrected chi connectivity index (χ0v) is 17.5. The van der Waals surface area contributed by atoms with E-state index in [1.54, 1.807) is 6.92 Å². The molecule has 0 aliphatic carbocycles. The molecular weight excluding hydrogens is 427 g/mol. The molecule has 150 valence electrons. The van der Waals surface area contributed by atoms with Gasteiger partial charge in [0, 0.05) is 17.6 Å². The Balaban J connectivity index is 2.10. The van der Waals surface area contributed by atoms with Crippen LogP contribution < -0.4 is 10.1 Å². The normalized spacial score (nSPS) is 11.6. The maximum Gasteiger partial charge on any atom is 0.261 e. The van der Waals surface area contributed by atoms with E-state index in [0.717, 1.165) is 16.5 Å². The molecule has 0 aromatic heterocycles. The van der Waals surface area contributed by atoms with Gasteiger partial charge in [0.05, 0.1) is 0 Å². The molecule has 0 fully saturated rings. The molecule has 0 bridgehead atoms. The van der Waals surface area contributed by atoms with E-state index in [4.69, 9.17) is 4.74 Å². The summed E-state index contributed by atoms with van der Waals surface area (Å²) in [5.74, 6) is -0.529. The molecule has 1 unspecified atom stereocenters. The molecule has 0 saturated heterocycles. The Morgan fingerprint density at radius 2 is 1.79 bits per heavy atom. The van der Waals surface area contributed by atoms with Crippen molar-refractivity contribution in [3.63, 3.8) is 0 Å². The summed E-state index contributed by atoms with van der Waals surface area (Å²) in [6.07, 6.45) is 0.812. The van der Waals surface area contributed by atoms with E-state index in [1.165, 1.54) is 29.2 Å². The quantitative estimate of drug-likeness (QED) is 0.629. The zero-order valence-electron chi connectivity index (χ0n) is 16.0. The van der Waals surface area contributed by atoms with Crippen molar-refractivity contribution >= 4 is 27.7 Å². The molecular formula is C21H24BrFN2O3. The molecule has 0 radical (unpaired) electrons. The van der Waals surface area contributed by atoms with Gasteiger partial charge in [-0.05, 0) is 55.3 Å². The minimum absolute atomic E-state index is 0.214. The fraction of sp³-hybridized carbons (Fsp3) is 0.333. The average molecular weight is 451 g/mol. The number of carbonyl (C=O) groups is 2. The molecule has 0 aliphatic heterocycles. The van der Waals surface area contributed by atoms with Crippen LogP contribution in [0.1, 0.15) is 25.8 Å². The van der Waals surface area contributed by atoms with Crippen LogP contribution in [-0.2, 0) is 16.1 Å². The molecule has 5 nitrogen and oxygen atoms in total. The van der Waals surface area contributed by atoms with Crippen LogP contribution in [0.3, 0.4) is 0 Å². The van der Waals surface area contributed by atoms with Crippen molar-refractivity contribution in [1.29, 1.82) is 0 Å². The summed E-state index contributed by atoms with van der Waals surface area (Å²) in [5, 5.41) is 2.82. The summed E-state index contributed by atoms with van der Waals surface area (Å²) in [6, 6.07) is 12.3. The molecule has 0 saturated carbocycles. The third-order valence-corrected chi connectivity index (χ3v) is 4.69. The standard InChI is InChI=1S/C21H24BrFN2O3/c1-3-12-24-21(27)15(2)25(13-16-4-6-17(22)7-5-16)20(26)14-28-19-10-8-18(23)9-11-19/h4-11,15H,3,12-14H2,1-2H3,(H,24,27). The first-order valence-corrected chi connectivity index (χ1v) is 9.90. The molecule has 0 heterocycles. The summed E-state index contributed by atoms with van der Waals surface area (Å²) in [7, 11) is 0. The largest absolute Gasteiger partial charge is 0.484 e. The van der Waals surface area contributed by atoms with Crippen molar-refractivity contribution in [2.75, 3.05) is 13.2 Å². The highest BCUT2D eigenvalue weighted by Crippen LogP contribution is 2.15. The van der Waals surface area contributed by atoms with Gasteiger partial charge in [0.25, 0.3) is 5.91 Å². The monoisotopic (exact) mass is 450 g/mol. The van der Waals surface area contributed by atoms with E-state index in [0.29, 0.717) is 12.3 Å². The summed E-state index contributed by atoms with van der Waals surface area (Å²) in [5.41, 5.74) is 0.897. The highest BCUT2D eigenvalue weighted by molar-refractivity contribution is 9.10. The topological polar surface area (TPSA) is 58.6 Å². The van der Waals surface area contributed by atoms with Gasteiger partial charge in [-0.15, -0.1) is 0 Å². The van der Waals surface area contributed by atoms with Crippen LogP contribution in [0.2, 0.25) is 0 Å². The Hall–Kier alpha value is -2.41. The lowest BCUT2D eigenvalue weighted by Gasteiger charge is -2.28. The highest BCUT2D eigenvalue weighted by Gasteiger charge is 2.26. The van der Waals surface area contributed by atoms with Crippen LogP contribution in [0.5, 0.6) is 5.75 Å². The van der Waals surface area contributed by atoms with Gasteiger partial charge >= 0.3 is 0 Å². The number of amides is 2. The minimum atomic E-state index is -0.653. The number of carbonyl (C=O) groups excluding carboxylic acids is 2. The number of hydrogen-bond acceptors (Lipinski definition) is 3. The second-order valence-corrected chi connectivity index (χ2v) is 7.27. The smallest absolute Gasteiger partial charge is 0.261 e. The first kappa shape index (κ1) is 21.9. The lowest BCUT2D eigenvalue weighted by molar-refractivity contribution is -0.142. The molecule has 1 atom stereocenters. The van der Waals surface area contributed by atoms with Crippen molar-refractivity contribution in [3.8, 4) is 5.75 Å². The van der Waals surface area contributed by atoms with Crippen LogP contribution in [0, 0.1) is 5.82 Å². The Labute approximate surface area is 173 Å². The van der Waals surface area contributed by atoms with Crippen molar-refractivity contribution in [1.82, 2.24) is 10.2 Å². The SMILES string of the molecule is CCCNC(=O)C(C)N(Cc1ccc(Br)cc1)C(=O)COc1ccc(F)cc1. The maximum absolute atomic E-state index is 13.0. The molecule has 7 heteroatoms. The fourth-order valence-electron chi connectivity index (χ4n) is 2.52. The number of nitrogens with zero attached hydrogens (tertiary/aromatic N) is 1. The summed E-state index contributed by atoms with van der Waals surface area (Å²) < 4.78 is 19.4. The number of hydrogen-bond donors (Lipinski definition) is 1. The number of ether oxygens (including phenoxy) is 1. The van der Waals surface area contributed by atoms with E-state index in [-0.39, 0.29) is 30.8 Å². The van der Waals surface area contributed by atoms with Gasteiger partial charge in [0.1, 0.15) is 17.6 Å². The third kappa shape index (κ3) is 6.64. The van der Waals surface area contributed by atoms with Crippen molar-refractivity contribution in [3.05, 3.63) is 64.4 Å². The van der Waals surface area contributed by atoms with Crippen molar-refractivity contribution in [2.24, 2.45) is 0 Å². The van der Waals surface area contributed by atoms with E-state index < -0.39 is 6.04 Å². The predicted octanol–water partition coefficient (Wildman–Crippen LogP) is 3.91. The van der Waals surface area contributed by atoms with Gasteiger partial charge in [0.2, 0.25) is 5.91 Å².